The van der Waals surface area contributed by atoms with Crippen LogP contribution in [0.3, 0.4) is 0 Å². The first kappa shape index (κ1) is 32.8. The van der Waals surface area contributed by atoms with Gasteiger partial charge in [0.2, 0.25) is 0 Å². The number of carbonyl (C=O) groups excluding carboxylic acids is 1. The second-order valence-corrected chi connectivity index (χ2v) is 7.79. The molecule has 0 amide bonds. The first-order valence-electron chi connectivity index (χ1n) is 10.9. The second-order valence-electron chi connectivity index (χ2n) is 7.79. The van der Waals surface area contributed by atoms with E-state index in [0.717, 1.165) is 6.07 Å². The molecule has 0 radical (unpaired) electrons. The van der Waals surface area contributed by atoms with Crippen LogP contribution < -0.4 is 20.4 Å². The fourth-order valence-corrected chi connectivity index (χ4v) is 3.97. The van der Waals surface area contributed by atoms with Gasteiger partial charge in [-0.1, -0.05) is 14.9 Å². The van der Waals surface area contributed by atoms with E-state index in [9.17, 15) is 28.4 Å². The van der Waals surface area contributed by atoms with Crippen molar-refractivity contribution in [1.82, 2.24) is 0 Å². The van der Waals surface area contributed by atoms with Gasteiger partial charge in [-0.3, -0.25) is 9.59 Å². The van der Waals surface area contributed by atoms with Crippen LogP contribution in [-0.4, -0.2) is 62.2 Å². The maximum absolute atomic E-state index is 14.0. The molecule has 0 saturated carbocycles. The summed E-state index contributed by atoms with van der Waals surface area (Å²) >= 11 is 0. The normalized spacial score (nSPS) is 16.7. The second kappa shape index (κ2) is 14.1. The fourth-order valence-electron chi connectivity index (χ4n) is 3.97. The number of aliphatic carboxylic acids is 1. The van der Waals surface area contributed by atoms with Crippen molar-refractivity contribution in [1.29, 1.82) is 0 Å². The maximum atomic E-state index is 14.0. The molecule has 2 aliphatic heterocycles. The van der Waals surface area contributed by atoms with E-state index in [1.165, 1.54) is 32.4 Å². The number of carbonyl (C=O) groups is 2. The van der Waals surface area contributed by atoms with Gasteiger partial charge in [0.1, 0.15) is 23.1 Å². The molecule has 208 valence electrons. The highest BCUT2D eigenvalue weighted by Crippen LogP contribution is 2.32. The number of carboxylic acid groups (broad SMARTS) is 1. The van der Waals surface area contributed by atoms with E-state index in [0.29, 0.717) is 0 Å². The molecule has 14 heteroatoms. The smallest absolute Gasteiger partial charge is 0.492 e. The molecule has 0 fully saturated rings. The zero-order valence-corrected chi connectivity index (χ0v) is 19.7. The molecule has 0 spiro atoms. The monoisotopic (exact) mass is 540 g/mol. The SMILES string of the molecule is C.C.CCOC(=O)CC1OB(O)c2cc(OC)cc(F)c21.COc1cc(F)c2c(c1)B(O)OC2CC(=O)O. The highest BCUT2D eigenvalue weighted by Gasteiger charge is 2.40. The molecule has 0 aromatic heterocycles. The molecular weight excluding hydrogens is 508 g/mol. The van der Waals surface area contributed by atoms with E-state index in [2.05, 4.69) is 0 Å². The lowest BCUT2D eigenvalue weighted by molar-refractivity contribution is -0.145. The van der Waals surface area contributed by atoms with Gasteiger partial charge in [0.15, 0.2) is 0 Å². The molecule has 2 aliphatic rings. The highest BCUT2D eigenvalue weighted by atomic mass is 19.1. The van der Waals surface area contributed by atoms with Gasteiger partial charge >= 0.3 is 26.2 Å². The standard InChI is InChI=1S/C12H14BFO5.C10H10BFO5.2CH4/c1-3-18-11(15)6-10-12-8(13(16)19-10)4-7(17-2)5-9(12)14;1-16-5-2-6-10(7(12)3-5)8(4-9(13)14)17-11(6)15;;/h4-5,10,16H,3,6H2,1-2H3;2-3,8,15H,4H2,1H3,(H,13,14);2*1H4. The molecule has 0 aliphatic carbocycles. The van der Waals surface area contributed by atoms with Crippen LogP contribution in [-0.2, 0) is 23.6 Å². The molecule has 4 rings (SSSR count). The van der Waals surface area contributed by atoms with Crippen molar-refractivity contribution in [3.8, 4) is 11.5 Å². The lowest BCUT2D eigenvalue weighted by Crippen LogP contribution is -2.28. The van der Waals surface area contributed by atoms with Gasteiger partial charge in [0.05, 0.1) is 45.9 Å². The Hall–Kier alpha value is -3.19. The van der Waals surface area contributed by atoms with Gasteiger partial charge in [0.25, 0.3) is 0 Å². The summed E-state index contributed by atoms with van der Waals surface area (Å²) in [5.74, 6) is -2.29. The zero-order chi connectivity index (χ0) is 26.6. The van der Waals surface area contributed by atoms with Crippen LogP contribution in [0.2, 0.25) is 0 Å². The van der Waals surface area contributed by atoms with Crippen molar-refractivity contribution in [3.63, 3.8) is 0 Å². The molecule has 2 aromatic carbocycles. The minimum Gasteiger partial charge on any atom is -0.497 e. The summed E-state index contributed by atoms with van der Waals surface area (Å²) in [4.78, 5) is 22.0. The number of benzene rings is 2. The van der Waals surface area contributed by atoms with Crippen LogP contribution in [0.4, 0.5) is 8.78 Å². The average molecular weight is 540 g/mol. The summed E-state index contributed by atoms with van der Waals surface area (Å²) in [5.41, 5.74) is 0.765. The third-order valence-corrected chi connectivity index (χ3v) is 5.52. The number of methoxy groups -OCH3 is 2. The van der Waals surface area contributed by atoms with Crippen molar-refractivity contribution in [2.75, 3.05) is 20.8 Å². The predicted molar refractivity (Wildman–Crippen MR) is 136 cm³/mol. The summed E-state index contributed by atoms with van der Waals surface area (Å²) in [6.07, 6.45) is -2.34. The summed E-state index contributed by atoms with van der Waals surface area (Å²) in [6, 6.07) is 5.26. The summed E-state index contributed by atoms with van der Waals surface area (Å²) < 4.78 is 52.5. The van der Waals surface area contributed by atoms with Gasteiger partial charge in [0, 0.05) is 23.3 Å². The lowest BCUT2D eigenvalue weighted by Gasteiger charge is -2.12. The average Bonchev–Trinajstić information content (AvgIpc) is 3.30. The van der Waals surface area contributed by atoms with Crippen LogP contribution in [0, 0.1) is 11.6 Å². The van der Waals surface area contributed by atoms with E-state index in [-0.39, 0.29) is 61.4 Å². The van der Waals surface area contributed by atoms with E-state index < -0.39 is 56.4 Å². The van der Waals surface area contributed by atoms with E-state index in [4.69, 9.17) is 28.6 Å². The maximum Gasteiger partial charge on any atom is 0.492 e. The first-order valence-corrected chi connectivity index (χ1v) is 10.9. The Morgan fingerprint density at radius 3 is 1.66 bits per heavy atom. The molecule has 0 saturated heterocycles. The van der Waals surface area contributed by atoms with E-state index >= 15 is 0 Å². The molecule has 2 aromatic rings. The van der Waals surface area contributed by atoms with Crippen molar-refractivity contribution >= 4 is 37.1 Å². The molecule has 38 heavy (non-hydrogen) atoms. The topological polar surface area (TPSA) is 141 Å². The number of hydrogen-bond donors (Lipinski definition) is 3. The number of fused-ring (bicyclic) bond motifs is 2. The summed E-state index contributed by atoms with van der Waals surface area (Å²) in [6.45, 7) is 1.92. The number of esters is 1. The Morgan fingerprint density at radius 1 is 0.868 bits per heavy atom. The van der Waals surface area contributed by atoms with Gasteiger partial charge < -0.3 is 38.7 Å². The van der Waals surface area contributed by atoms with Crippen molar-refractivity contribution in [2.45, 2.75) is 46.8 Å². The van der Waals surface area contributed by atoms with Gasteiger partial charge in [-0.2, -0.15) is 0 Å². The fraction of sp³-hybridized carbons (Fsp3) is 0.417. The molecule has 0 bridgehead atoms. The Labute approximate surface area is 220 Å². The quantitative estimate of drug-likeness (QED) is 0.352. The minimum absolute atomic E-state index is 0. The summed E-state index contributed by atoms with van der Waals surface area (Å²) in [5, 5.41) is 28.0. The van der Waals surface area contributed by atoms with Crippen LogP contribution >= 0.6 is 0 Å². The van der Waals surface area contributed by atoms with Crippen LogP contribution in [0.1, 0.15) is 58.0 Å². The Bertz CT molecular complexity index is 1130. The van der Waals surface area contributed by atoms with Gasteiger partial charge in [-0.05, 0) is 30.0 Å². The minimum atomic E-state index is -1.32. The Morgan fingerprint density at radius 2 is 1.29 bits per heavy atom. The van der Waals surface area contributed by atoms with Gasteiger partial charge in [-0.25, -0.2) is 8.78 Å². The number of hydrogen-bond acceptors (Lipinski definition) is 9. The largest absolute Gasteiger partial charge is 0.497 e. The molecule has 2 atom stereocenters. The van der Waals surface area contributed by atoms with Crippen molar-refractivity contribution < 1.29 is 57.0 Å². The number of ether oxygens (including phenoxy) is 3. The van der Waals surface area contributed by atoms with Crippen molar-refractivity contribution in [2.24, 2.45) is 0 Å². The van der Waals surface area contributed by atoms with Crippen LogP contribution in [0.5, 0.6) is 11.5 Å². The molecule has 3 N–H and O–H groups in total. The number of rotatable bonds is 7. The highest BCUT2D eigenvalue weighted by molar-refractivity contribution is 6.62. The van der Waals surface area contributed by atoms with Gasteiger partial charge in [-0.15, -0.1) is 0 Å². The number of halogens is 2. The number of carboxylic acids is 1. The summed E-state index contributed by atoms with van der Waals surface area (Å²) in [7, 11) is 0.190. The first-order chi connectivity index (χ1) is 17.1. The third kappa shape index (κ3) is 7.22. The zero-order valence-electron chi connectivity index (χ0n) is 19.7. The predicted octanol–water partition coefficient (Wildman–Crippen LogP) is 1.89. The third-order valence-electron chi connectivity index (χ3n) is 5.52. The molecule has 2 unspecified atom stereocenters. The molecule has 10 nitrogen and oxygen atoms in total. The Kier molecular flexibility index (Phi) is 12.2. The van der Waals surface area contributed by atoms with E-state index in [1.807, 2.05) is 0 Å². The molecule has 2 heterocycles. The van der Waals surface area contributed by atoms with Crippen LogP contribution in [0.15, 0.2) is 24.3 Å². The lowest BCUT2D eigenvalue weighted by atomic mass is 9.79. The Balaban J connectivity index is 0.000000363. The van der Waals surface area contributed by atoms with Crippen LogP contribution in [0.25, 0.3) is 0 Å². The van der Waals surface area contributed by atoms with Crippen molar-refractivity contribution in [3.05, 3.63) is 47.0 Å². The molecular formula is C24H32B2F2O10. The van der Waals surface area contributed by atoms with E-state index in [1.54, 1.807) is 6.92 Å².